The first-order valence-corrected chi connectivity index (χ1v) is 6.03. The summed E-state index contributed by atoms with van der Waals surface area (Å²) in [5.74, 6) is -0.414. The standard InChI is InChI=1S/C13H19NO4/c1-13(2)10(6-11(13)17-3)14-7-8-4-5-9(18-8)12(15)16/h4-5,10-11,14H,6-7H2,1-3H3,(H,15,16). The molecular weight excluding hydrogens is 234 g/mol. The molecule has 2 unspecified atom stereocenters. The monoisotopic (exact) mass is 253 g/mol. The summed E-state index contributed by atoms with van der Waals surface area (Å²) < 4.78 is 10.6. The summed E-state index contributed by atoms with van der Waals surface area (Å²) in [5, 5.41) is 12.1. The maximum absolute atomic E-state index is 10.7. The van der Waals surface area contributed by atoms with Crippen LogP contribution in [0.5, 0.6) is 0 Å². The fourth-order valence-electron chi connectivity index (χ4n) is 2.44. The summed E-state index contributed by atoms with van der Waals surface area (Å²) in [4.78, 5) is 10.7. The Hall–Kier alpha value is -1.33. The van der Waals surface area contributed by atoms with Crippen LogP contribution in [-0.4, -0.2) is 30.3 Å². The number of carboxylic acids is 1. The Bertz CT molecular complexity index is 438. The number of methoxy groups -OCH3 is 1. The fraction of sp³-hybridized carbons (Fsp3) is 0.615. The molecule has 1 saturated carbocycles. The average molecular weight is 253 g/mol. The second-order valence-electron chi connectivity index (χ2n) is 5.29. The highest BCUT2D eigenvalue weighted by Gasteiger charge is 2.48. The summed E-state index contributed by atoms with van der Waals surface area (Å²) in [6.07, 6.45) is 1.25. The third-order valence-electron chi connectivity index (χ3n) is 3.86. The van der Waals surface area contributed by atoms with Crippen LogP contribution in [0.15, 0.2) is 16.5 Å². The first kappa shape index (κ1) is 13.1. The van der Waals surface area contributed by atoms with Gasteiger partial charge in [-0.05, 0) is 18.6 Å². The number of aromatic carboxylic acids is 1. The quantitative estimate of drug-likeness (QED) is 0.838. The van der Waals surface area contributed by atoms with Crippen LogP contribution in [0, 0.1) is 5.41 Å². The van der Waals surface area contributed by atoms with Crippen molar-refractivity contribution < 1.29 is 19.1 Å². The van der Waals surface area contributed by atoms with Gasteiger partial charge in [0.1, 0.15) is 5.76 Å². The molecule has 1 aromatic heterocycles. The highest BCUT2D eigenvalue weighted by atomic mass is 16.5. The maximum Gasteiger partial charge on any atom is 0.371 e. The van der Waals surface area contributed by atoms with E-state index in [1.807, 2.05) is 0 Å². The van der Waals surface area contributed by atoms with Crippen LogP contribution in [-0.2, 0) is 11.3 Å². The summed E-state index contributed by atoms with van der Waals surface area (Å²) in [6.45, 7) is 4.86. The highest BCUT2D eigenvalue weighted by Crippen LogP contribution is 2.42. The minimum Gasteiger partial charge on any atom is -0.475 e. The Morgan fingerprint density at radius 3 is 2.83 bits per heavy atom. The van der Waals surface area contributed by atoms with Crippen molar-refractivity contribution >= 4 is 5.97 Å². The summed E-state index contributed by atoms with van der Waals surface area (Å²) in [6, 6.07) is 3.53. The van der Waals surface area contributed by atoms with Crippen LogP contribution in [0.2, 0.25) is 0 Å². The summed E-state index contributed by atoms with van der Waals surface area (Å²) in [5.41, 5.74) is 0.0942. The molecule has 0 saturated heterocycles. The van der Waals surface area contributed by atoms with Gasteiger partial charge in [-0.3, -0.25) is 0 Å². The lowest BCUT2D eigenvalue weighted by molar-refractivity contribution is -0.0982. The molecule has 18 heavy (non-hydrogen) atoms. The first-order chi connectivity index (χ1) is 8.45. The number of carboxylic acid groups (broad SMARTS) is 1. The van der Waals surface area contributed by atoms with Crippen molar-refractivity contribution in [2.24, 2.45) is 5.41 Å². The van der Waals surface area contributed by atoms with Crippen molar-refractivity contribution in [1.82, 2.24) is 5.32 Å². The second kappa shape index (κ2) is 4.74. The zero-order chi connectivity index (χ0) is 13.3. The van der Waals surface area contributed by atoms with E-state index >= 15 is 0 Å². The van der Waals surface area contributed by atoms with E-state index in [1.54, 1.807) is 13.2 Å². The molecule has 0 aromatic carbocycles. The van der Waals surface area contributed by atoms with E-state index in [0.29, 0.717) is 18.3 Å². The molecule has 0 spiro atoms. The van der Waals surface area contributed by atoms with E-state index in [2.05, 4.69) is 19.2 Å². The molecule has 100 valence electrons. The van der Waals surface area contributed by atoms with Crippen molar-refractivity contribution in [3.63, 3.8) is 0 Å². The van der Waals surface area contributed by atoms with Gasteiger partial charge >= 0.3 is 5.97 Å². The molecule has 2 atom stereocenters. The van der Waals surface area contributed by atoms with E-state index in [9.17, 15) is 4.79 Å². The average Bonchev–Trinajstić information content (AvgIpc) is 2.76. The van der Waals surface area contributed by atoms with Crippen LogP contribution >= 0.6 is 0 Å². The van der Waals surface area contributed by atoms with Crippen LogP contribution < -0.4 is 5.32 Å². The van der Waals surface area contributed by atoms with Gasteiger partial charge in [-0.25, -0.2) is 4.79 Å². The van der Waals surface area contributed by atoms with Gasteiger partial charge < -0.3 is 19.6 Å². The molecule has 0 amide bonds. The minimum absolute atomic E-state index is 0.0190. The van der Waals surface area contributed by atoms with Gasteiger partial charge in [-0.15, -0.1) is 0 Å². The Morgan fingerprint density at radius 2 is 2.33 bits per heavy atom. The molecule has 2 rings (SSSR count). The summed E-state index contributed by atoms with van der Waals surface area (Å²) >= 11 is 0. The second-order valence-corrected chi connectivity index (χ2v) is 5.29. The lowest BCUT2D eigenvalue weighted by Gasteiger charge is -2.51. The topological polar surface area (TPSA) is 71.7 Å². The van der Waals surface area contributed by atoms with Crippen molar-refractivity contribution in [3.05, 3.63) is 23.7 Å². The molecule has 1 fully saturated rings. The number of carbonyl (C=O) groups is 1. The number of hydrogen-bond acceptors (Lipinski definition) is 4. The highest BCUT2D eigenvalue weighted by molar-refractivity contribution is 5.84. The zero-order valence-electron chi connectivity index (χ0n) is 10.9. The first-order valence-electron chi connectivity index (χ1n) is 6.03. The van der Waals surface area contributed by atoms with Gasteiger partial charge in [-0.2, -0.15) is 0 Å². The molecule has 1 heterocycles. The molecule has 5 nitrogen and oxygen atoms in total. The number of hydrogen-bond donors (Lipinski definition) is 2. The number of nitrogens with one attached hydrogen (secondary N) is 1. The molecule has 1 aliphatic carbocycles. The molecule has 1 aromatic rings. The molecule has 0 radical (unpaired) electrons. The van der Waals surface area contributed by atoms with Crippen LogP contribution in [0.4, 0.5) is 0 Å². The zero-order valence-corrected chi connectivity index (χ0v) is 10.9. The van der Waals surface area contributed by atoms with Crippen molar-refractivity contribution in [2.45, 2.75) is 39.0 Å². The molecule has 2 N–H and O–H groups in total. The molecule has 0 aliphatic heterocycles. The van der Waals surface area contributed by atoms with Gasteiger partial charge in [0.2, 0.25) is 5.76 Å². The SMILES string of the molecule is COC1CC(NCc2ccc(C(=O)O)o2)C1(C)C. The molecule has 0 bridgehead atoms. The Kier molecular flexibility index (Phi) is 3.45. The lowest BCUT2D eigenvalue weighted by Crippen LogP contribution is -2.60. The van der Waals surface area contributed by atoms with Gasteiger partial charge in [-0.1, -0.05) is 13.8 Å². The van der Waals surface area contributed by atoms with Crippen LogP contribution in [0.3, 0.4) is 0 Å². The van der Waals surface area contributed by atoms with E-state index in [-0.39, 0.29) is 17.3 Å². The third-order valence-corrected chi connectivity index (χ3v) is 3.86. The van der Waals surface area contributed by atoms with Gasteiger partial charge in [0.25, 0.3) is 0 Å². The molecule has 1 aliphatic rings. The molecule has 5 heteroatoms. The summed E-state index contributed by atoms with van der Waals surface area (Å²) in [7, 11) is 1.73. The fourth-order valence-corrected chi connectivity index (χ4v) is 2.44. The predicted octanol–water partition coefficient (Wildman–Crippen LogP) is 1.88. The van der Waals surface area contributed by atoms with E-state index < -0.39 is 5.97 Å². The Morgan fingerprint density at radius 1 is 1.61 bits per heavy atom. The number of ether oxygens (including phenoxy) is 1. The van der Waals surface area contributed by atoms with Crippen molar-refractivity contribution in [2.75, 3.05) is 7.11 Å². The predicted molar refractivity (Wildman–Crippen MR) is 65.5 cm³/mol. The lowest BCUT2D eigenvalue weighted by atomic mass is 9.64. The Labute approximate surface area is 106 Å². The third kappa shape index (κ3) is 2.28. The van der Waals surface area contributed by atoms with Gasteiger partial charge in [0, 0.05) is 18.6 Å². The Balaban J connectivity index is 1.87. The van der Waals surface area contributed by atoms with E-state index in [4.69, 9.17) is 14.3 Å². The van der Waals surface area contributed by atoms with Crippen LogP contribution in [0.1, 0.15) is 36.6 Å². The smallest absolute Gasteiger partial charge is 0.371 e. The van der Waals surface area contributed by atoms with E-state index in [0.717, 1.165) is 6.42 Å². The normalized spacial score (nSPS) is 25.7. The van der Waals surface area contributed by atoms with Crippen LogP contribution in [0.25, 0.3) is 0 Å². The van der Waals surface area contributed by atoms with Crippen molar-refractivity contribution in [1.29, 1.82) is 0 Å². The molecular formula is C13H19NO4. The van der Waals surface area contributed by atoms with E-state index in [1.165, 1.54) is 6.07 Å². The largest absolute Gasteiger partial charge is 0.475 e. The number of furan rings is 1. The van der Waals surface area contributed by atoms with Gasteiger partial charge in [0.15, 0.2) is 0 Å². The minimum atomic E-state index is -1.04. The van der Waals surface area contributed by atoms with Gasteiger partial charge in [0.05, 0.1) is 12.6 Å². The maximum atomic E-state index is 10.7. The number of rotatable bonds is 5. The van der Waals surface area contributed by atoms with Crippen molar-refractivity contribution in [3.8, 4) is 0 Å².